The van der Waals surface area contributed by atoms with Gasteiger partial charge in [-0.15, -0.1) is 11.3 Å². The van der Waals surface area contributed by atoms with Crippen molar-refractivity contribution in [1.82, 2.24) is 10.6 Å². The number of nitrogens with one attached hydrogen (secondary N) is 2. The van der Waals surface area contributed by atoms with Gasteiger partial charge >= 0.3 is 12.0 Å². The first-order valence-corrected chi connectivity index (χ1v) is 8.22. The predicted molar refractivity (Wildman–Crippen MR) is 80.8 cm³/mol. The van der Waals surface area contributed by atoms with Crippen molar-refractivity contribution in [3.63, 3.8) is 0 Å². The van der Waals surface area contributed by atoms with E-state index in [0.29, 0.717) is 19.4 Å². The molecule has 5 nitrogen and oxygen atoms in total. The fourth-order valence-corrected chi connectivity index (χ4v) is 3.58. The summed E-state index contributed by atoms with van der Waals surface area (Å²) in [4.78, 5) is 22.6. The van der Waals surface area contributed by atoms with E-state index in [4.69, 9.17) is 5.11 Å². The lowest BCUT2D eigenvalue weighted by atomic mass is 9.86. The molecule has 1 aliphatic rings. The highest BCUT2D eigenvalue weighted by Gasteiger charge is 2.26. The van der Waals surface area contributed by atoms with Crippen LogP contribution in [0.15, 0.2) is 15.2 Å². The van der Waals surface area contributed by atoms with Crippen LogP contribution < -0.4 is 10.6 Å². The lowest BCUT2D eigenvalue weighted by Gasteiger charge is -2.26. The molecule has 0 radical (unpaired) electrons. The largest absolute Gasteiger partial charge is 0.481 e. The Morgan fingerprint density at radius 1 is 1.35 bits per heavy atom. The minimum absolute atomic E-state index is 0.0801. The predicted octanol–water partition coefficient (Wildman–Crippen LogP) is 2.95. The van der Waals surface area contributed by atoms with Crippen LogP contribution in [0.1, 0.15) is 31.2 Å². The molecule has 0 aromatic carbocycles. The SMILES string of the molecule is O=C(NCc1ccsc1Br)NC1CCC(C(=O)O)CC1. The summed E-state index contributed by atoms with van der Waals surface area (Å²) in [5.41, 5.74) is 1.06. The van der Waals surface area contributed by atoms with E-state index in [9.17, 15) is 9.59 Å². The molecule has 1 aromatic heterocycles. The van der Waals surface area contributed by atoms with Crippen LogP contribution in [0.5, 0.6) is 0 Å². The Hall–Kier alpha value is -1.08. The molecule has 1 saturated carbocycles. The highest BCUT2D eigenvalue weighted by molar-refractivity contribution is 9.11. The van der Waals surface area contributed by atoms with Crippen molar-refractivity contribution in [2.24, 2.45) is 5.92 Å². The number of aliphatic carboxylic acids is 1. The quantitative estimate of drug-likeness (QED) is 0.772. The normalized spacial score (nSPS) is 22.2. The summed E-state index contributed by atoms with van der Waals surface area (Å²) >= 11 is 5.01. The first kappa shape index (κ1) is 15.3. The first-order chi connectivity index (χ1) is 9.56. The molecule has 1 aliphatic carbocycles. The average molecular weight is 361 g/mol. The summed E-state index contributed by atoms with van der Waals surface area (Å²) in [7, 11) is 0. The van der Waals surface area contributed by atoms with Crippen LogP contribution in [-0.2, 0) is 11.3 Å². The summed E-state index contributed by atoms with van der Waals surface area (Å²) in [6.45, 7) is 0.486. The topological polar surface area (TPSA) is 78.4 Å². The van der Waals surface area contributed by atoms with Crippen molar-refractivity contribution >= 4 is 39.3 Å². The van der Waals surface area contributed by atoms with Crippen molar-refractivity contribution in [3.8, 4) is 0 Å². The van der Waals surface area contributed by atoms with Crippen LogP contribution in [0.2, 0.25) is 0 Å². The average Bonchev–Trinajstić information content (AvgIpc) is 2.82. The van der Waals surface area contributed by atoms with E-state index < -0.39 is 5.97 Å². The van der Waals surface area contributed by atoms with Crippen molar-refractivity contribution in [1.29, 1.82) is 0 Å². The molecule has 0 atom stereocenters. The highest BCUT2D eigenvalue weighted by Crippen LogP contribution is 2.25. The summed E-state index contributed by atoms with van der Waals surface area (Å²) in [6.07, 6.45) is 2.73. The van der Waals surface area contributed by atoms with Crippen LogP contribution in [0.4, 0.5) is 4.79 Å². The van der Waals surface area contributed by atoms with Gasteiger partial charge in [-0.3, -0.25) is 4.79 Å². The van der Waals surface area contributed by atoms with Gasteiger partial charge in [0.05, 0.1) is 9.70 Å². The van der Waals surface area contributed by atoms with Crippen LogP contribution in [0.25, 0.3) is 0 Å². The zero-order valence-electron chi connectivity index (χ0n) is 10.9. The molecule has 0 unspecified atom stereocenters. The zero-order chi connectivity index (χ0) is 14.5. The Morgan fingerprint density at radius 3 is 2.60 bits per heavy atom. The van der Waals surface area contributed by atoms with Gasteiger partial charge in [0.2, 0.25) is 0 Å². The molecule has 2 amide bonds. The van der Waals surface area contributed by atoms with Gasteiger partial charge in [0.1, 0.15) is 0 Å². The monoisotopic (exact) mass is 360 g/mol. The standard InChI is InChI=1S/C13H17BrN2O3S/c14-11-9(5-6-20-11)7-15-13(19)16-10-3-1-8(2-4-10)12(17)18/h5-6,8,10H,1-4,7H2,(H,17,18)(H2,15,16,19). The number of hydrogen-bond acceptors (Lipinski definition) is 3. The van der Waals surface area contributed by atoms with Gasteiger partial charge in [-0.05, 0) is 58.6 Å². The maximum Gasteiger partial charge on any atom is 0.315 e. The van der Waals surface area contributed by atoms with Gasteiger partial charge < -0.3 is 15.7 Å². The number of carbonyl (C=O) groups excluding carboxylic acids is 1. The number of carbonyl (C=O) groups is 2. The molecule has 20 heavy (non-hydrogen) atoms. The Labute approximate surface area is 129 Å². The van der Waals surface area contributed by atoms with Gasteiger partial charge in [-0.2, -0.15) is 0 Å². The summed E-state index contributed by atoms with van der Waals surface area (Å²) in [5, 5.41) is 16.6. The second-order valence-electron chi connectivity index (χ2n) is 4.93. The van der Waals surface area contributed by atoms with E-state index in [2.05, 4.69) is 26.6 Å². The van der Waals surface area contributed by atoms with Crippen molar-refractivity contribution < 1.29 is 14.7 Å². The fraction of sp³-hybridized carbons (Fsp3) is 0.538. The van der Waals surface area contributed by atoms with Gasteiger partial charge in [0.15, 0.2) is 0 Å². The van der Waals surface area contributed by atoms with Crippen LogP contribution in [-0.4, -0.2) is 23.1 Å². The molecular formula is C13H17BrN2O3S. The van der Waals surface area contributed by atoms with Gasteiger partial charge in [0.25, 0.3) is 0 Å². The lowest BCUT2D eigenvalue weighted by molar-refractivity contribution is -0.142. The van der Waals surface area contributed by atoms with E-state index >= 15 is 0 Å². The van der Waals surface area contributed by atoms with Crippen LogP contribution in [0.3, 0.4) is 0 Å². The third-order valence-corrected chi connectivity index (χ3v) is 5.36. The third-order valence-electron chi connectivity index (χ3n) is 3.54. The number of halogens is 1. The molecule has 0 spiro atoms. The van der Waals surface area contributed by atoms with Gasteiger partial charge in [0, 0.05) is 12.6 Å². The molecular weight excluding hydrogens is 344 g/mol. The Kier molecular flexibility index (Phi) is 5.42. The van der Waals surface area contributed by atoms with E-state index in [0.717, 1.165) is 22.2 Å². The minimum Gasteiger partial charge on any atom is -0.481 e. The highest BCUT2D eigenvalue weighted by atomic mass is 79.9. The van der Waals surface area contributed by atoms with Crippen molar-refractivity contribution in [2.75, 3.05) is 0 Å². The molecule has 2 rings (SSSR count). The van der Waals surface area contributed by atoms with E-state index in [1.807, 2.05) is 11.4 Å². The van der Waals surface area contributed by atoms with Crippen LogP contribution in [0, 0.1) is 5.92 Å². The number of carboxylic acids is 1. The molecule has 110 valence electrons. The fourth-order valence-electron chi connectivity index (χ4n) is 2.34. The van der Waals surface area contributed by atoms with Crippen molar-refractivity contribution in [2.45, 2.75) is 38.3 Å². The van der Waals surface area contributed by atoms with E-state index in [1.54, 1.807) is 11.3 Å². The molecule has 0 bridgehead atoms. The number of urea groups is 1. The number of rotatable bonds is 4. The summed E-state index contributed by atoms with van der Waals surface area (Å²) in [6, 6.07) is 1.85. The molecule has 3 N–H and O–H groups in total. The van der Waals surface area contributed by atoms with Crippen molar-refractivity contribution in [3.05, 3.63) is 20.8 Å². The van der Waals surface area contributed by atoms with E-state index in [-0.39, 0.29) is 18.0 Å². The Balaban J connectivity index is 1.70. The Morgan fingerprint density at radius 2 is 2.05 bits per heavy atom. The molecule has 7 heteroatoms. The number of carboxylic acid groups (broad SMARTS) is 1. The molecule has 1 fully saturated rings. The summed E-state index contributed by atoms with van der Waals surface area (Å²) in [5.74, 6) is -0.979. The first-order valence-electron chi connectivity index (χ1n) is 6.55. The smallest absolute Gasteiger partial charge is 0.315 e. The number of thiophene rings is 1. The molecule has 0 saturated heterocycles. The second kappa shape index (κ2) is 7.08. The molecule has 1 heterocycles. The maximum atomic E-state index is 11.8. The van der Waals surface area contributed by atoms with E-state index in [1.165, 1.54) is 0 Å². The second-order valence-corrected chi connectivity index (χ2v) is 7.17. The number of hydrogen-bond donors (Lipinski definition) is 3. The lowest BCUT2D eigenvalue weighted by Crippen LogP contribution is -2.43. The summed E-state index contributed by atoms with van der Waals surface area (Å²) < 4.78 is 1.03. The number of amides is 2. The molecule has 1 aromatic rings. The third kappa shape index (κ3) is 4.21. The van der Waals surface area contributed by atoms with Gasteiger partial charge in [-0.25, -0.2) is 4.79 Å². The Bertz CT molecular complexity index is 484. The van der Waals surface area contributed by atoms with Crippen LogP contribution >= 0.6 is 27.3 Å². The zero-order valence-corrected chi connectivity index (χ0v) is 13.3. The molecule has 0 aliphatic heterocycles. The van der Waals surface area contributed by atoms with Gasteiger partial charge in [-0.1, -0.05) is 0 Å². The minimum atomic E-state index is -0.727. The maximum absolute atomic E-state index is 11.8.